The third-order valence-electron chi connectivity index (χ3n) is 5.88. The summed E-state index contributed by atoms with van der Waals surface area (Å²) in [4.78, 5) is 15.0. The second-order valence-corrected chi connectivity index (χ2v) is 11.7. The van der Waals surface area contributed by atoms with E-state index in [4.69, 9.17) is 2.74 Å². The van der Waals surface area contributed by atoms with Crippen molar-refractivity contribution in [3.63, 3.8) is 0 Å². The number of rotatable bonds is 5. The van der Waals surface area contributed by atoms with Crippen molar-refractivity contribution in [2.75, 3.05) is 36.7 Å². The maximum Gasteiger partial charge on any atom is 0.229 e. The Kier molecular flexibility index (Phi) is 5.49. The minimum absolute atomic E-state index is 0.134. The lowest BCUT2D eigenvalue weighted by atomic mass is 9.77. The van der Waals surface area contributed by atoms with Crippen LogP contribution >= 0.6 is 0 Å². The van der Waals surface area contributed by atoms with Crippen LogP contribution in [0.5, 0.6) is 0 Å². The molecular weight excluding hydrogens is 460 g/mol. The number of aryl methyl sites for hydroxylation is 1. The predicted octanol–water partition coefficient (Wildman–Crippen LogP) is 4.45. The Balaban J connectivity index is 1.45. The van der Waals surface area contributed by atoms with E-state index in [2.05, 4.69) is 42.1 Å². The fourth-order valence-corrected chi connectivity index (χ4v) is 5.16. The Morgan fingerprint density at radius 3 is 2.89 bits per heavy atom. The van der Waals surface area contributed by atoms with Gasteiger partial charge in [-0.3, -0.25) is 0 Å². The number of nitrogens with zero attached hydrogens (tertiary/aromatic N) is 6. The number of aromatic nitrogens is 3. The van der Waals surface area contributed by atoms with Gasteiger partial charge in [0.1, 0.15) is 17.5 Å². The summed E-state index contributed by atoms with van der Waals surface area (Å²) in [6.45, 7) is -0.839. The number of hydrogen-bond donors (Lipinski definition) is 2. The van der Waals surface area contributed by atoms with Crippen molar-refractivity contribution in [3.05, 3.63) is 58.8 Å². The average Bonchev–Trinajstić information content (AvgIpc) is 2.82. The van der Waals surface area contributed by atoms with Crippen LogP contribution < -0.4 is 10.6 Å². The van der Waals surface area contributed by atoms with Crippen molar-refractivity contribution in [2.24, 2.45) is 4.36 Å². The monoisotopic (exact) mass is 490 g/mol. The standard InChI is InChI=1S/C25H28N8OS/c1-33-14-17-7-4-6-16-10-20(11-18(15-33)23(16)17)28-25-27-13-19(12-26)24(31-25)30-21-8-5-9-22(29-21)32-35(2,3)34/h5,8-11,13,17H,4,6-7,14-15H2,1-3H3,(H2,27,28,29,30,31)/i14D2. The van der Waals surface area contributed by atoms with Crippen LogP contribution in [0.3, 0.4) is 0 Å². The minimum Gasteiger partial charge on any atom is -0.324 e. The zero-order chi connectivity index (χ0) is 26.4. The summed E-state index contributed by atoms with van der Waals surface area (Å²) >= 11 is 0. The van der Waals surface area contributed by atoms with Gasteiger partial charge < -0.3 is 15.5 Å². The predicted molar refractivity (Wildman–Crippen MR) is 138 cm³/mol. The molecule has 3 heterocycles. The molecule has 1 atom stereocenters. The molecule has 180 valence electrons. The van der Waals surface area contributed by atoms with Gasteiger partial charge >= 0.3 is 0 Å². The van der Waals surface area contributed by atoms with Crippen molar-refractivity contribution >= 4 is 38.8 Å². The maximum absolute atomic E-state index is 12.0. The van der Waals surface area contributed by atoms with Crippen LogP contribution in [0.2, 0.25) is 0 Å². The first-order chi connectivity index (χ1) is 17.5. The smallest absolute Gasteiger partial charge is 0.229 e. The van der Waals surface area contributed by atoms with Crippen LogP contribution in [0.1, 0.15) is 43.8 Å². The van der Waals surface area contributed by atoms with Gasteiger partial charge in [-0.15, -0.1) is 0 Å². The van der Waals surface area contributed by atoms with E-state index in [9.17, 15) is 9.47 Å². The van der Waals surface area contributed by atoms with E-state index < -0.39 is 16.2 Å². The molecule has 0 fully saturated rings. The minimum atomic E-state index is -2.37. The number of benzene rings is 1. The molecule has 9 nitrogen and oxygen atoms in total. The van der Waals surface area contributed by atoms with Gasteiger partial charge in [-0.2, -0.15) is 14.6 Å². The summed E-state index contributed by atoms with van der Waals surface area (Å²) < 4.78 is 33.3. The van der Waals surface area contributed by atoms with Crippen LogP contribution in [0, 0.1) is 11.3 Å². The van der Waals surface area contributed by atoms with Crippen LogP contribution in [-0.2, 0) is 22.7 Å². The molecular formula is C25H28N8OS. The number of pyridine rings is 1. The number of hydrogen-bond acceptors (Lipinski definition) is 9. The molecule has 2 N–H and O–H groups in total. The molecule has 0 radical (unpaired) electrons. The SMILES string of the molecule is [2H]C1([2H])C2CCCc3cc(Nc4ncc(C#N)c(Nc5cccc(N=S(C)(C)=O)n5)n4)cc(c32)CN1C. The highest BCUT2D eigenvalue weighted by molar-refractivity contribution is 7.92. The lowest BCUT2D eigenvalue weighted by Crippen LogP contribution is -2.33. The molecule has 1 aromatic carbocycles. The molecule has 5 rings (SSSR count). The van der Waals surface area contributed by atoms with Gasteiger partial charge in [-0.05, 0) is 73.2 Å². The highest BCUT2D eigenvalue weighted by Gasteiger charge is 2.29. The van der Waals surface area contributed by atoms with Gasteiger partial charge in [0.15, 0.2) is 11.6 Å². The molecule has 1 aliphatic carbocycles. The number of likely N-dealkylation sites (N-methyl/N-ethyl adjacent to an activating group) is 1. The maximum atomic E-state index is 12.0. The lowest BCUT2D eigenvalue weighted by molar-refractivity contribution is 0.266. The summed E-state index contributed by atoms with van der Waals surface area (Å²) in [5.41, 5.74) is 4.48. The largest absolute Gasteiger partial charge is 0.324 e. The molecule has 35 heavy (non-hydrogen) atoms. The zero-order valence-corrected chi connectivity index (χ0v) is 20.7. The van der Waals surface area contributed by atoms with Crippen LogP contribution in [-0.4, -0.2) is 50.1 Å². The first kappa shape index (κ1) is 20.8. The molecule has 0 spiro atoms. The Morgan fingerprint density at radius 2 is 2.09 bits per heavy atom. The highest BCUT2D eigenvalue weighted by atomic mass is 32.2. The van der Waals surface area contributed by atoms with Crippen molar-refractivity contribution in [2.45, 2.75) is 31.7 Å². The van der Waals surface area contributed by atoms with Gasteiger partial charge in [-0.25, -0.2) is 14.2 Å². The van der Waals surface area contributed by atoms with Crippen molar-refractivity contribution in [1.29, 1.82) is 5.26 Å². The van der Waals surface area contributed by atoms with Crippen LogP contribution in [0.15, 0.2) is 40.9 Å². The summed E-state index contributed by atoms with van der Waals surface area (Å²) in [6, 6.07) is 11.3. The van der Waals surface area contributed by atoms with Crippen molar-refractivity contribution < 1.29 is 6.95 Å². The quantitative estimate of drug-likeness (QED) is 0.538. The number of nitrogens with one attached hydrogen (secondary N) is 2. The topological polar surface area (TPSA) is 119 Å². The van der Waals surface area contributed by atoms with Crippen LogP contribution in [0.25, 0.3) is 0 Å². The summed E-state index contributed by atoms with van der Waals surface area (Å²) in [7, 11) is -0.542. The van der Waals surface area contributed by atoms with E-state index >= 15 is 0 Å². The first-order valence-electron chi connectivity index (χ1n) is 12.4. The third kappa shape index (κ3) is 5.26. The first-order valence-corrected chi connectivity index (χ1v) is 13.7. The Labute approximate surface area is 208 Å². The molecule has 1 aliphatic heterocycles. The second kappa shape index (κ2) is 9.24. The Bertz CT molecular complexity index is 1540. The second-order valence-electron chi connectivity index (χ2n) is 9.11. The van der Waals surface area contributed by atoms with Gasteiger partial charge in [0, 0.05) is 43.7 Å². The fourth-order valence-electron chi connectivity index (χ4n) is 4.61. The summed E-state index contributed by atoms with van der Waals surface area (Å²) in [5, 5.41) is 15.9. The normalized spacial score (nSPS) is 19.5. The molecule has 0 saturated heterocycles. The molecule has 10 heteroatoms. The van der Waals surface area contributed by atoms with Gasteiger partial charge in [-0.1, -0.05) is 6.07 Å². The van der Waals surface area contributed by atoms with E-state index in [1.807, 2.05) is 13.1 Å². The lowest BCUT2D eigenvalue weighted by Gasteiger charge is -2.37. The van der Waals surface area contributed by atoms with Crippen LogP contribution in [0.4, 0.5) is 29.1 Å². The molecule has 2 aliphatic rings. The van der Waals surface area contributed by atoms with E-state index in [0.29, 0.717) is 24.1 Å². The molecule has 0 amide bonds. The number of anilines is 4. The van der Waals surface area contributed by atoms with Gasteiger partial charge in [0.05, 0.1) is 6.20 Å². The molecule has 0 bridgehead atoms. The molecule has 1 unspecified atom stereocenters. The molecule has 3 aromatic rings. The fraction of sp³-hybridized carbons (Fsp3) is 0.360. The van der Waals surface area contributed by atoms with E-state index in [0.717, 1.165) is 41.6 Å². The average molecular weight is 491 g/mol. The number of nitriles is 1. The molecule has 2 aromatic heterocycles. The third-order valence-corrected chi connectivity index (χ3v) is 6.51. The summed E-state index contributed by atoms with van der Waals surface area (Å²) in [6.07, 6.45) is 7.21. The van der Waals surface area contributed by atoms with Crippen molar-refractivity contribution in [1.82, 2.24) is 19.9 Å². The van der Waals surface area contributed by atoms with Gasteiger partial charge in [0.2, 0.25) is 5.95 Å². The van der Waals surface area contributed by atoms with E-state index in [-0.39, 0.29) is 17.3 Å². The zero-order valence-electron chi connectivity index (χ0n) is 21.9. The Morgan fingerprint density at radius 1 is 1.26 bits per heavy atom. The van der Waals surface area contributed by atoms with Crippen molar-refractivity contribution in [3.8, 4) is 6.07 Å². The van der Waals surface area contributed by atoms with E-state index in [1.165, 1.54) is 18.7 Å². The van der Waals surface area contributed by atoms with E-state index in [1.54, 1.807) is 23.1 Å². The Hall–Kier alpha value is -3.55. The molecule has 0 saturated carbocycles. The highest BCUT2D eigenvalue weighted by Crippen LogP contribution is 2.40. The van der Waals surface area contributed by atoms with Gasteiger partial charge in [0.25, 0.3) is 0 Å². The summed E-state index contributed by atoms with van der Waals surface area (Å²) in [5.74, 6) is 1.19.